The second-order valence-electron chi connectivity index (χ2n) is 7.75. The van der Waals surface area contributed by atoms with Gasteiger partial charge in [-0.05, 0) is 36.2 Å². The number of rotatable bonds is 7. The number of nitrogens with one attached hydrogen (secondary N) is 1. The minimum atomic E-state index is -0.266. The predicted octanol–water partition coefficient (Wildman–Crippen LogP) is 2.66. The van der Waals surface area contributed by atoms with Gasteiger partial charge in [0, 0.05) is 55.7 Å². The highest BCUT2D eigenvalue weighted by Crippen LogP contribution is 2.23. The molecule has 0 radical (unpaired) electrons. The maximum absolute atomic E-state index is 11.2. The largest absolute Gasteiger partial charge is 0.370 e. The van der Waals surface area contributed by atoms with E-state index in [1.807, 2.05) is 6.07 Å². The number of amides is 1. The fraction of sp³-hybridized carbons (Fsp3) is 0.348. The first-order valence-corrected chi connectivity index (χ1v) is 9.94. The minimum absolute atomic E-state index is 0.266. The van der Waals surface area contributed by atoms with E-state index in [4.69, 9.17) is 5.73 Å². The second kappa shape index (κ2) is 8.17. The van der Waals surface area contributed by atoms with E-state index >= 15 is 0 Å². The zero-order chi connectivity index (χ0) is 19.5. The lowest BCUT2D eigenvalue weighted by Crippen LogP contribution is -2.43. The van der Waals surface area contributed by atoms with Crippen LogP contribution >= 0.6 is 0 Å². The molecule has 1 aliphatic rings. The molecule has 0 fully saturated rings. The number of benzene rings is 2. The van der Waals surface area contributed by atoms with Gasteiger partial charge in [-0.2, -0.15) is 0 Å². The Hall–Kier alpha value is -2.63. The predicted molar refractivity (Wildman–Crippen MR) is 113 cm³/mol. The molecule has 3 N–H and O–H groups in total. The third-order valence-corrected chi connectivity index (χ3v) is 5.78. The molecule has 4 rings (SSSR count). The summed E-state index contributed by atoms with van der Waals surface area (Å²) >= 11 is 0. The summed E-state index contributed by atoms with van der Waals surface area (Å²) in [5, 5.41) is 4.89. The molecule has 2 heterocycles. The summed E-state index contributed by atoms with van der Waals surface area (Å²) in [7, 11) is 2.21. The summed E-state index contributed by atoms with van der Waals surface area (Å²) in [6, 6.07) is 17.6. The van der Waals surface area contributed by atoms with Crippen molar-refractivity contribution in [2.24, 2.45) is 5.73 Å². The number of aromatic nitrogens is 1. The van der Waals surface area contributed by atoms with Crippen LogP contribution in [0.5, 0.6) is 0 Å². The van der Waals surface area contributed by atoms with Gasteiger partial charge in [-0.15, -0.1) is 0 Å². The van der Waals surface area contributed by atoms with Gasteiger partial charge in [0.1, 0.15) is 0 Å². The number of carbonyl (C=O) groups is 1. The van der Waals surface area contributed by atoms with Crippen molar-refractivity contribution in [1.29, 1.82) is 0 Å². The number of fused-ring (bicyclic) bond motifs is 2. The van der Waals surface area contributed by atoms with Gasteiger partial charge in [0.2, 0.25) is 5.91 Å². The molecule has 0 aliphatic carbocycles. The Kier molecular flexibility index (Phi) is 5.46. The molecular formula is C23H28N4O. The smallest absolute Gasteiger partial charge is 0.219 e. The van der Waals surface area contributed by atoms with Gasteiger partial charge in [-0.25, -0.2) is 0 Å². The summed E-state index contributed by atoms with van der Waals surface area (Å²) < 4.78 is 2.14. The SMILES string of the molecule is CN1Cc2ccccc2C[C@@H]1CNCc1cn(CCC(N)=O)c2ccccc12. The zero-order valence-corrected chi connectivity index (χ0v) is 16.4. The number of primary amides is 1. The molecule has 5 nitrogen and oxygen atoms in total. The standard InChI is InChI=1S/C23H28N4O/c1-26-15-18-7-3-2-6-17(18)12-20(26)14-25-13-19-16-27(11-10-23(24)28)22-9-5-4-8-21(19)22/h2-9,16,20,25H,10-15H2,1H3,(H2,24,28)/t20-/m1/s1. The van der Waals surface area contributed by atoms with E-state index in [2.05, 4.69) is 70.5 Å². The summed E-state index contributed by atoms with van der Waals surface area (Å²) in [5.41, 5.74) is 10.7. The molecule has 0 spiro atoms. The van der Waals surface area contributed by atoms with E-state index in [-0.39, 0.29) is 5.91 Å². The van der Waals surface area contributed by atoms with Crippen LogP contribution in [0.1, 0.15) is 23.1 Å². The van der Waals surface area contributed by atoms with E-state index in [1.165, 1.54) is 22.1 Å². The number of hydrogen-bond acceptors (Lipinski definition) is 3. The Labute approximate surface area is 166 Å². The van der Waals surface area contributed by atoms with Crippen LogP contribution in [-0.2, 0) is 30.8 Å². The second-order valence-corrected chi connectivity index (χ2v) is 7.75. The van der Waals surface area contributed by atoms with E-state index < -0.39 is 0 Å². The molecule has 146 valence electrons. The lowest BCUT2D eigenvalue weighted by atomic mass is 9.94. The Bertz CT molecular complexity index is 978. The summed E-state index contributed by atoms with van der Waals surface area (Å²) in [5.74, 6) is -0.266. The number of hydrogen-bond donors (Lipinski definition) is 2. The molecule has 2 aromatic carbocycles. The molecule has 3 aromatic rings. The first kappa shape index (κ1) is 18.7. The molecule has 0 unspecified atom stereocenters. The summed E-state index contributed by atoms with van der Waals surface area (Å²) in [6.45, 7) is 3.40. The van der Waals surface area contributed by atoms with Gasteiger partial charge < -0.3 is 15.6 Å². The summed E-state index contributed by atoms with van der Waals surface area (Å²) in [4.78, 5) is 13.6. The molecule has 0 saturated heterocycles. The Morgan fingerprint density at radius 3 is 2.71 bits per heavy atom. The van der Waals surface area contributed by atoms with Crippen molar-refractivity contribution in [3.63, 3.8) is 0 Å². The molecule has 1 amide bonds. The van der Waals surface area contributed by atoms with Crippen molar-refractivity contribution >= 4 is 16.8 Å². The van der Waals surface area contributed by atoms with Crippen LogP contribution in [-0.4, -0.2) is 35.0 Å². The number of nitrogens with two attached hydrogens (primary N) is 1. The molecule has 5 heteroatoms. The van der Waals surface area contributed by atoms with Gasteiger partial charge in [-0.3, -0.25) is 9.69 Å². The van der Waals surface area contributed by atoms with E-state index in [9.17, 15) is 4.79 Å². The van der Waals surface area contributed by atoms with E-state index in [0.29, 0.717) is 19.0 Å². The van der Waals surface area contributed by atoms with Crippen LogP contribution in [0.25, 0.3) is 10.9 Å². The van der Waals surface area contributed by atoms with Crippen molar-refractivity contribution in [2.75, 3.05) is 13.6 Å². The van der Waals surface area contributed by atoms with Crippen LogP contribution in [0.4, 0.5) is 0 Å². The average Bonchev–Trinajstić information content (AvgIpc) is 3.05. The Morgan fingerprint density at radius 2 is 1.89 bits per heavy atom. The molecule has 1 atom stereocenters. The van der Waals surface area contributed by atoms with Crippen molar-refractivity contribution < 1.29 is 4.79 Å². The minimum Gasteiger partial charge on any atom is -0.370 e. The number of aryl methyl sites for hydroxylation is 1. The fourth-order valence-electron chi connectivity index (χ4n) is 4.20. The number of nitrogens with zero attached hydrogens (tertiary/aromatic N) is 2. The monoisotopic (exact) mass is 376 g/mol. The van der Waals surface area contributed by atoms with Crippen LogP contribution < -0.4 is 11.1 Å². The van der Waals surface area contributed by atoms with Crippen LogP contribution in [0.2, 0.25) is 0 Å². The first-order valence-electron chi connectivity index (χ1n) is 9.94. The van der Waals surface area contributed by atoms with Gasteiger partial charge in [0.25, 0.3) is 0 Å². The van der Waals surface area contributed by atoms with Gasteiger partial charge in [-0.1, -0.05) is 42.5 Å². The lowest BCUT2D eigenvalue weighted by Gasteiger charge is -2.34. The normalized spacial score (nSPS) is 17.0. The molecule has 0 bridgehead atoms. The number of para-hydroxylation sites is 1. The highest BCUT2D eigenvalue weighted by atomic mass is 16.1. The highest BCUT2D eigenvalue weighted by molar-refractivity contribution is 5.84. The molecule has 1 aliphatic heterocycles. The van der Waals surface area contributed by atoms with Gasteiger partial charge in [0.05, 0.1) is 0 Å². The first-order chi connectivity index (χ1) is 13.6. The fourth-order valence-corrected chi connectivity index (χ4v) is 4.20. The van der Waals surface area contributed by atoms with Crippen molar-refractivity contribution in [3.8, 4) is 0 Å². The third-order valence-electron chi connectivity index (χ3n) is 5.78. The van der Waals surface area contributed by atoms with Crippen molar-refractivity contribution in [1.82, 2.24) is 14.8 Å². The number of carbonyl (C=O) groups excluding carboxylic acids is 1. The Balaban J connectivity index is 1.42. The van der Waals surface area contributed by atoms with Crippen molar-refractivity contribution in [3.05, 3.63) is 71.4 Å². The summed E-state index contributed by atoms with van der Waals surface area (Å²) in [6.07, 6.45) is 3.60. The quantitative estimate of drug-likeness (QED) is 0.666. The van der Waals surface area contributed by atoms with Gasteiger partial charge >= 0.3 is 0 Å². The highest BCUT2D eigenvalue weighted by Gasteiger charge is 2.22. The van der Waals surface area contributed by atoms with E-state index in [0.717, 1.165) is 31.6 Å². The van der Waals surface area contributed by atoms with Crippen LogP contribution in [0.15, 0.2) is 54.7 Å². The van der Waals surface area contributed by atoms with Gasteiger partial charge in [0.15, 0.2) is 0 Å². The molecule has 28 heavy (non-hydrogen) atoms. The van der Waals surface area contributed by atoms with E-state index in [1.54, 1.807) is 0 Å². The van der Waals surface area contributed by atoms with Crippen molar-refractivity contribution in [2.45, 2.75) is 38.5 Å². The van der Waals surface area contributed by atoms with Crippen LogP contribution in [0, 0.1) is 0 Å². The lowest BCUT2D eigenvalue weighted by molar-refractivity contribution is -0.118. The average molecular weight is 377 g/mol. The topological polar surface area (TPSA) is 63.3 Å². The van der Waals surface area contributed by atoms with Crippen LogP contribution in [0.3, 0.4) is 0 Å². The molecule has 0 saturated carbocycles. The number of likely N-dealkylation sites (N-methyl/N-ethyl adjacent to an activating group) is 1. The zero-order valence-electron chi connectivity index (χ0n) is 16.4. The molecule has 1 aromatic heterocycles. The Morgan fingerprint density at radius 1 is 1.14 bits per heavy atom. The maximum atomic E-state index is 11.2. The third kappa shape index (κ3) is 3.96. The molecular weight excluding hydrogens is 348 g/mol. The maximum Gasteiger partial charge on any atom is 0.219 e.